The van der Waals surface area contributed by atoms with Crippen molar-refractivity contribution >= 4 is 10.1 Å². The van der Waals surface area contributed by atoms with Gasteiger partial charge in [-0.2, -0.15) is 0 Å². The largest absolute Gasteiger partial charge is 0.381 e. The molecule has 0 saturated heterocycles. The molecule has 1 rings (SSSR count). The van der Waals surface area contributed by atoms with Crippen molar-refractivity contribution < 1.29 is 4.46 Å². The molecule has 0 bridgehead atoms. The summed E-state index contributed by atoms with van der Waals surface area (Å²) >= 11 is 0. The minimum Gasteiger partial charge on any atom is -0.381 e. The van der Waals surface area contributed by atoms with E-state index in [2.05, 4.69) is 19.1 Å². The Balaban J connectivity index is 0.000000291. The molecule has 0 aromatic heterocycles. The van der Waals surface area contributed by atoms with Gasteiger partial charge in [0, 0.05) is 0 Å². The second-order valence-corrected chi connectivity index (χ2v) is 1.65. The van der Waals surface area contributed by atoms with E-state index in [9.17, 15) is 0 Å². The zero-order chi connectivity index (χ0) is 7.11. The Morgan fingerprint density at radius 3 is 1.78 bits per heavy atom. The number of rotatable bonds is 0. The van der Waals surface area contributed by atoms with E-state index >= 15 is 0 Å². The molecule has 0 aliphatic rings. The quantitative estimate of drug-likeness (QED) is 0.494. The van der Waals surface area contributed by atoms with Crippen LogP contribution in [0, 0.1) is 6.92 Å². The highest BCUT2D eigenvalue weighted by Crippen LogP contribution is 1.92. The minimum absolute atomic E-state index is 1.32. The Hall–Kier alpha value is -0.763. The number of hydrogen-bond acceptors (Lipinski definition) is 1. The smallest absolute Gasteiger partial charge is 0.381 e. The molecule has 0 amide bonds. The molecule has 1 aromatic rings. The van der Waals surface area contributed by atoms with Crippen LogP contribution < -0.4 is 0 Å². The summed E-state index contributed by atoms with van der Waals surface area (Å²) in [5.74, 6) is 0. The Bertz CT molecular complexity index is 150. The van der Waals surface area contributed by atoms with Gasteiger partial charge in [-0.05, 0) is 6.92 Å². The van der Waals surface area contributed by atoms with Gasteiger partial charge in [0.1, 0.15) is 0 Å². The molecule has 46 valence electrons. The maximum atomic E-state index is 8.06. The Morgan fingerprint density at radius 1 is 1.11 bits per heavy atom. The lowest BCUT2D eigenvalue weighted by atomic mass is 10.2. The van der Waals surface area contributed by atoms with Crippen molar-refractivity contribution in [3.63, 3.8) is 0 Å². The van der Waals surface area contributed by atoms with E-state index in [1.165, 1.54) is 5.56 Å². The molecule has 0 heterocycles. The molecule has 0 N–H and O–H groups in total. The Morgan fingerprint density at radius 2 is 1.56 bits per heavy atom. The standard InChI is InChI=1S/C7H8.OSi/c1-7-5-3-2-4-6-7;1-2/h2-6H,1H3;. The number of hydrogen-bond donors (Lipinski definition) is 0. The first-order valence-corrected chi connectivity index (χ1v) is 3.02. The lowest BCUT2D eigenvalue weighted by Gasteiger charge is -1.82. The van der Waals surface area contributed by atoms with E-state index in [0.29, 0.717) is 0 Å². The fourth-order valence-electron chi connectivity index (χ4n) is 0.534. The van der Waals surface area contributed by atoms with Gasteiger partial charge in [0.25, 0.3) is 0 Å². The fraction of sp³-hybridized carbons (Fsp3) is 0.143. The Labute approximate surface area is 58.2 Å². The molecule has 0 spiro atoms. The van der Waals surface area contributed by atoms with E-state index in [1.54, 1.807) is 10.1 Å². The van der Waals surface area contributed by atoms with Crippen LogP contribution in [-0.4, -0.2) is 10.1 Å². The van der Waals surface area contributed by atoms with Gasteiger partial charge in [-0.1, -0.05) is 35.9 Å². The third-order valence-electron chi connectivity index (χ3n) is 0.940. The van der Waals surface area contributed by atoms with Crippen molar-refractivity contribution in [3.05, 3.63) is 35.9 Å². The first-order valence-electron chi connectivity index (χ1n) is 2.61. The average molecular weight is 136 g/mol. The van der Waals surface area contributed by atoms with Crippen LogP contribution in [0.15, 0.2) is 30.3 Å². The van der Waals surface area contributed by atoms with Crippen LogP contribution in [0.4, 0.5) is 0 Å². The van der Waals surface area contributed by atoms with Gasteiger partial charge in [-0.15, -0.1) is 0 Å². The number of aryl methyl sites for hydroxylation is 1. The van der Waals surface area contributed by atoms with Crippen LogP contribution in [0.2, 0.25) is 0 Å². The molecule has 0 fully saturated rings. The summed E-state index contributed by atoms with van der Waals surface area (Å²) in [6, 6.07) is 10.3. The summed E-state index contributed by atoms with van der Waals surface area (Å²) in [5.41, 5.74) is 1.32. The maximum absolute atomic E-state index is 8.06. The van der Waals surface area contributed by atoms with Crippen molar-refractivity contribution in [2.75, 3.05) is 0 Å². The molecule has 1 nitrogen and oxygen atoms in total. The normalized spacial score (nSPS) is 7.22. The topological polar surface area (TPSA) is 17.1 Å². The van der Waals surface area contributed by atoms with E-state index in [0.717, 1.165) is 0 Å². The van der Waals surface area contributed by atoms with E-state index < -0.39 is 0 Å². The summed E-state index contributed by atoms with van der Waals surface area (Å²) in [4.78, 5) is 0. The molecular weight excluding hydrogens is 128 g/mol. The van der Waals surface area contributed by atoms with Crippen molar-refractivity contribution in [2.45, 2.75) is 6.92 Å². The average Bonchev–Trinajstić information content (AvgIpc) is 1.94. The van der Waals surface area contributed by atoms with Gasteiger partial charge in [0.15, 0.2) is 0 Å². The highest BCUT2D eigenvalue weighted by Gasteiger charge is 1.72. The predicted octanol–water partition coefficient (Wildman–Crippen LogP) is 1.50. The molecule has 2 radical (unpaired) electrons. The summed E-state index contributed by atoms with van der Waals surface area (Å²) < 4.78 is 8.06. The lowest BCUT2D eigenvalue weighted by Crippen LogP contribution is -1.62. The molecule has 0 atom stereocenters. The summed E-state index contributed by atoms with van der Waals surface area (Å²) in [7, 11) is 1.72. The zero-order valence-electron chi connectivity index (χ0n) is 5.29. The van der Waals surface area contributed by atoms with Gasteiger partial charge in [-0.25, -0.2) is 0 Å². The maximum Gasteiger partial charge on any atom is 0.381 e. The van der Waals surface area contributed by atoms with Crippen molar-refractivity contribution in [1.29, 1.82) is 0 Å². The third kappa shape index (κ3) is 3.79. The van der Waals surface area contributed by atoms with Crippen molar-refractivity contribution in [1.82, 2.24) is 0 Å². The van der Waals surface area contributed by atoms with Crippen molar-refractivity contribution in [2.24, 2.45) is 0 Å². The third-order valence-corrected chi connectivity index (χ3v) is 0.940. The van der Waals surface area contributed by atoms with E-state index in [1.807, 2.05) is 18.2 Å². The molecular formula is C7H8OSi. The molecule has 1 aromatic carbocycles. The number of benzene rings is 1. The minimum atomic E-state index is 1.32. The SMILES string of the molecule is Cc1ccccc1.O=[Si]. The fourth-order valence-corrected chi connectivity index (χ4v) is 0.534. The first kappa shape index (κ1) is 8.24. The van der Waals surface area contributed by atoms with Gasteiger partial charge in [0.05, 0.1) is 0 Å². The second kappa shape index (κ2) is 5.38. The van der Waals surface area contributed by atoms with Gasteiger partial charge in [-0.3, -0.25) is 0 Å². The lowest BCUT2D eigenvalue weighted by molar-refractivity contribution is 0.590. The van der Waals surface area contributed by atoms with Crippen LogP contribution in [-0.2, 0) is 4.46 Å². The predicted molar refractivity (Wildman–Crippen MR) is 37.6 cm³/mol. The van der Waals surface area contributed by atoms with Crippen LogP contribution in [0.5, 0.6) is 0 Å². The van der Waals surface area contributed by atoms with Crippen LogP contribution in [0.1, 0.15) is 5.56 Å². The van der Waals surface area contributed by atoms with Gasteiger partial charge < -0.3 is 4.46 Å². The summed E-state index contributed by atoms with van der Waals surface area (Å²) in [6.07, 6.45) is 0. The molecule has 0 saturated carbocycles. The van der Waals surface area contributed by atoms with Crippen LogP contribution in [0.25, 0.3) is 0 Å². The summed E-state index contributed by atoms with van der Waals surface area (Å²) in [6.45, 7) is 2.08. The summed E-state index contributed by atoms with van der Waals surface area (Å²) in [5, 5.41) is 0. The zero-order valence-corrected chi connectivity index (χ0v) is 6.29. The molecule has 0 aliphatic heterocycles. The Kier molecular flexibility index (Phi) is 4.92. The molecule has 0 unspecified atom stereocenters. The van der Waals surface area contributed by atoms with Gasteiger partial charge >= 0.3 is 10.1 Å². The highest BCUT2D eigenvalue weighted by molar-refractivity contribution is 5.85. The molecule has 0 aliphatic carbocycles. The van der Waals surface area contributed by atoms with Crippen LogP contribution in [0.3, 0.4) is 0 Å². The van der Waals surface area contributed by atoms with E-state index in [4.69, 9.17) is 4.46 Å². The van der Waals surface area contributed by atoms with E-state index in [-0.39, 0.29) is 0 Å². The second-order valence-electron chi connectivity index (χ2n) is 1.65. The van der Waals surface area contributed by atoms with Crippen LogP contribution >= 0.6 is 0 Å². The molecule has 9 heavy (non-hydrogen) atoms. The highest BCUT2D eigenvalue weighted by atomic mass is 28.1. The first-order chi connectivity index (χ1) is 4.39. The van der Waals surface area contributed by atoms with Gasteiger partial charge in [0.2, 0.25) is 0 Å². The van der Waals surface area contributed by atoms with Crippen molar-refractivity contribution in [3.8, 4) is 0 Å². The molecule has 2 heteroatoms. The monoisotopic (exact) mass is 136 g/mol.